The van der Waals surface area contributed by atoms with Crippen LogP contribution in [0.5, 0.6) is 5.75 Å². The Bertz CT molecular complexity index is 391. The number of unbranched alkanes of at least 4 members (excludes halogenated alkanes) is 7. The quantitative estimate of drug-likeness (QED) is 0.377. The fraction of sp³-hybridized carbons (Fsp3) is 0.588. The molecule has 0 radical (unpaired) electrons. The van der Waals surface area contributed by atoms with Crippen molar-refractivity contribution in [3.63, 3.8) is 0 Å². The smallest absolute Gasteiger partial charge is 0.153 e. The number of carbonyl (C=O) groups excluding carboxylic acids is 1. The number of aldehydes is 1. The number of hydrogen-bond donors (Lipinski definition) is 0. The molecule has 0 aromatic heterocycles. The van der Waals surface area contributed by atoms with E-state index in [9.17, 15) is 4.79 Å². The highest BCUT2D eigenvalue weighted by molar-refractivity contribution is 9.10. The Morgan fingerprint density at radius 3 is 2.35 bits per heavy atom. The van der Waals surface area contributed by atoms with E-state index in [1.165, 1.54) is 44.9 Å². The summed E-state index contributed by atoms with van der Waals surface area (Å²) in [4.78, 5) is 10.9. The fourth-order valence-corrected chi connectivity index (χ4v) is 2.54. The molecule has 0 amide bonds. The van der Waals surface area contributed by atoms with Gasteiger partial charge in [-0.25, -0.2) is 0 Å². The zero-order valence-electron chi connectivity index (χ0n) is 12.4. The number of halogens is 1. The summed E-state index contributed by atoms with van der Waals surface area (Å²) < 4.78 is 6.58. The minimum atomic E-state index is 0.610. The van der Waals surface area contributed by atoms with Crippen LogP contribution in [0.25, 0.3) is 0 Å². The molecule has 0 unspecified atom stereocenters. The Balaban J connectivity index is 2.11. The van der Waals surface area contributed by atoms with Crippen molar-refractivity contribution in [3.8, 4) is 5.75 Å². The molecule has 2 nitrogen and oxygen atoms in total. The zero-order valence-corrected chi connectivity index (χ0v) is 14.0. The zero-order chi connectivity index (χ0) is 14.6. The van der Waals surface area contributed by atoms with Gasteiger partial charge in [0, 0.05) is 4.47 Å². The first-order chi connectivity index (χ1) is 9.77. The molecule has 0 atom stereocenters. The number of hydrogen-bond acceptors (Lipinski definition) is 2. The second kappa shape index (κ2) is 10.9. The van der Waals surface area contributed by atoms with Crippen molar-refractivity contribution in [2.24, 2.45) is 0 Å². The molecule has 1 rings (SSSR count). The van der Waals surface area contributed by atoms with Gasteiger partial charge in [-0.05, 0) is 24.6 Å². The monoisotopic (exact) mass is 340 g/mol. The normalized spacial score (nSPS) is 10.5. The Morgan fingerprint density at radius 1 is 1.05 bits per heavy atom. The van der Waals surface area contributed by atoms with Gasteiger partial charge in [0.05, 0.1) is 12.2 Å². The number of benzene rings is 1. The minimum absolute atomic E-state index is 0.610. The van der Waals surface area contributed by atoms with Crippen LogP contribution in [0.1, 0.15) is 68.6 Å². The van der Waals surface area contributed by atoms with E-state index in [4.69, 9.17) is 4.74 Å². The van der Waals surface area contributed by atoms with Crippen LogP contribution in [0.3, 0.4) is 0 Å². The van der Waals surface area contributed by atoms with E-state index in [1.807, 2.05) is 12.1 Å². The summed E-state index contributed by atoms with van der Waals surface area (Å²) in [6.45, 7) is 2.94. The third-order valence-corrected chi connectivity index (χ3v) is 3.85. The molecule has 3 heteroatoms. The molecular formula is C17H25BrO2. The standard InChI is InChI=1S/C17H25BrO2/c1-2-3-4-5-6-7-8-9-12-20-17-11-10-16(18)13-15(17)14-19/h10-11,13-14H,2-9,12H2,1H3. The van der Waals surface area contributed by atoms with Crippen molar-refractivity contribution in [2.75, 3.05) is 6.61 Å². The summed E-state index contributed by atoms with van der Waals surface area (Å²) in [5.74, 6) is 0.686. The third kappa shape index (κ3) is 7.09. The number of carbonyl (C=O) groups is 1. The van der Waals surface area contributed by atoms with Gasteiger partial charge in [-0.3, -0.25) is 4.79 Å². The Hall–Kier alpha value is -0.830. The maximum Gasteiger partial charge on any atom is 0.153 e. The highest BCUT2D eigenvalue weighted by Gasteiger charge is 2.03. The molecule has 0 aliphatic heterocycles. The molecule has 0 saturated carbocycles. The largest absolute Gasteiger partial charge is 0.493 e. The maximum absolute atomic E-state index is 10.9. The lowest BCUT2D eigenvalue weighted by molar-refractivity contribution is 0.111. The summed E-state index contributed by atoms with van der Waals surface area (Å²) in [6.07, 6.45) is 11.1. The van der Waals surface area contributed by atoms with Crippen LogP contribution in [-0.2, 0) is 0 Å². The van der Waals surface area contributed by atoms with Crippen molar-refractivity contribution in [2.45, 2.75) is 58.3 Å². The van der Waals surface area contributed by atoms with E-state index in [0.717, 1.165) is 17.2 Å². The number of ether oxygens (including phenoxy) is 1. The summed E-state index contributed by atoms with van der Waals surface area (Å²) in [5.41, 5.74) is 0.610. The molecule has 20 heavy (non-hydrogen) atoms. The molecule has 0 spiro atoms. The van der Waals surface area contributed by atoms with Crippen molar-refractivity contribution < 1.29 is 9.53 Å². The van der Waals surface area contributed by atoms with Gasteiger partial charge in [0.2, 0.25) is 0 Å². The molecule has 1 aromatic carbocycles. The lowest BCUT2D eigenvalue weighted by Gasteiger charge is -2.08. The van der Waals surface area contributed by atoms with Crippen LogP contribution in [0.2, 0.25) is 0 Å². The second-order valence-electron chi connectivity index (χ2n) is 5.12. The molecule has 112 valence electrons. The van der Waals surface area contributed by atoms with Gasteiger partial charge in [-0.2, -0.15) is 0 Å². The molecule has 0 aliphatic rings. The number of rotatable bonds is 11. The Morgan fingerprint density at radius 2 is 1.70 bits per heavy atom. The van der Waals surface area contributed by atoms with Gasteiger partial charge in [0.25, 0.3) is 0 Å². The van der Waals surface area contributed by atoms with Crippen molar-refractivity contribution in [1.82, 2.24) is 0 Å². The summed E-state index contributed by atoms with van der Waals surface area (Å²) in [6, 6.07) is 5.53. The van der Waals surface area contributed by atoms with Crippen LogP contribution in [0.15, 0.2) is 22.7 Å². The topological polar surface area (TPSA) is 26.3 Å². The van der Waals surface area contributed by atoms with Crippen molar-refractivity contribution in [1.29, 1.82) is 0 Å². The van der Waals surface area contributed by atoms with Crippen LogP contribution >= 0.6 is 15.9 Å². The summed E-state index contributed by atoms with van der Waals surface area (Å²) >= 11 is 3.35. The van der Waals surface area contributed by atoms with Crippen LogP contribution in [0.4, 0.5) is 0 Å². The Kier molecular flexibility index (Phi) is 9.38. The highest BCUT2D eigenvalue weighted by Crippen LogP contribution is 2.22. The first-order valence-electron chi connectivity index (χ1n) is 7.65. The maximum atomic E-state index is 10.9. The molecule has 0 bridgehead atoms. The van der Waals surface area contributed by atoms with Gasteiger partial charge in [0.1, 0.15) is 5.75 Å². The fourth-order valence-electron chi connectivity index (χ4n) is 2.16. The summed E-state index contributed by atoms with van der Waals surface area (Å²) in [7, 11) is 0. The minimum Gasteiger partial charge on any atom is -0.493 e. The molecule has 0 N–H and O–H groups in total. The molecule has 0 aliphatic carbocycles. The van der Waals surface area contributed by atoms with Crippen LogP contribution in [0, 0.1) is 0 Å². The Labute approximate surface area is 131 Å². The van der Waals surface area contributed by atoms with Crippen molar-refractivity contribution >= 4 is 22.2 Å². The predicted molar refractivity (Wildman–Crippen MR) is 87.6 cm³/mol. The third-order valence-electron chi connectivity index (χ3n) is 3.35. The average molecular weight is 341 g/mol. The van der Waals surface area contributed by atoms with E-state index in [-0.39, 0.29) is 0 Å². The van der Waals surface area contributed by atoms with E-state index in [1.54, 1.807) is 6.07 Å². The second-order valence-corrected chi connectivity index (χ2v) is 6.04. The highest BCUT2D eigenvalue weighted by atomic mass is 79.9. The van der Waals surface area contributed by atoms with Crippen LogP contribution < -0.4 is 4.74 Å². The molecule has 0 heterocycles. The lowest BCUT2D eigenvalue weighted by atomic mass is 10.1. The van der Waals surface area contributed by atoms with Gasteiger partial charge in [0.15, 0.2) is 6.29 Å². The van der Waals surface area contributed by atoms with E-state index in [2.05, 4.69) is 22.9 Å². The predicted octanol–water partition coefficient (Wildman–Crippen LogP) is 5.78. The van der Waals surface area contributed by atoms with Gasteiger partial charge >= 0.3 is 0 Å². The molecular weight excluding hydrogens is 316 g/mol. The molecule has 0 fully saturated rings. The SMILES string of the molecule is CCCCCCCCCCOc1ccc(Br)cc1C=O. The van der Waals surface area contributed by atoms with Gasteiger partial charge in [-0.1, -0.05) is 67.8 Å². The molecule has 0 saturated heterocycles. The average Bonchev–Trinajstić information content (AvgIpc) is 2.46. The van der Waals surface area contributed by atoms with Crippen LogP contribution in [-0.4, -0.2) is 12.9 Å². The first-order valence-corrected chi connectivity index (χ1v) is 8.44. The van der Waals surface area contributed by atoms with Gasteiger partial charge < -0.3 is 4.74 Å². The molecule has 1 aromatic rings. The van der Waals surface area contributed by atoms with E-state index in [0.29, 0.717) is 17.9 Å². The lowest BCUT2D eigenvalue weighted by Crippen LogP contribution is -2.00. The van der Waals surface area contributed by atoms with E-state index < -0.39 is 0 Å². The summed E-state index contributed by atoms with van der Waals surface area (Å²) in [5, 5.41) is 0. The van der Waals surface area contributed by atoms with Crippen molar-refractivity contribution in [3.05, 3.63) is 28.2 Å². The van der Waals surface area contributed by atoms with Gasteiger partial charge in [-0.15, -0.1) is 0 Å². The van der Waals surface area contributed by atoms with E-state index >= 15 is 0 Å². The first kappa shape index (κ1) is 17.2.